The number of thiophene rings is 1. The molecule has 2 heterocycles. The lowest BCUT2D eigenvalue weighted by molar-refractivity contribution is 0.395. The van der Waals surface area contributed by atoms with Gasteiger partial charge in [0.15, 0.2) is 0 Å². The molecule has 2 aromatic heterocycles. The number of rotatable bonds is 3. The van der Waals surface area contributed by atoms with Crippen molar-refractivity contribution in [2.75, 3.05) is 14.2 Å². The zero-order chi connectivity index (χ0) is 15.0. The van der Waals surface area contributed by atoms with Crippen LogP contribution >= 0.6 is 11.3 Å². The van der Waals surface area contributed by atoms with E-state index in [0.29, 0.717) is 0 Å². The molecule has 3 aromatic rings. The Bertz CT molecular complexity index is 811. The Kier molecular flexibility index (Phi) is 3.51. The lowest BCUT2D eigenvalue weighted by Gasteiger charge is -2.11. The van der Waals surface area contributed by atoms with Gasteiger partial charge in [-0.1, -0.05) is 0 Å². The number of benzene rings is 1. The van der Waals surface area contributed by atoms with Crippen molar-refractivity contribution in [1.29, 1.82) is 0 Å². The van der Waals surface area contributed by atoms with Crippen LogP contribution < -0.4 is 9.47 Å². The fourth-order valence-electron chi connectivity index (χ4n) is 2.38. The van der Waals surface area contributed by atoms with Crippen LogP contribution in [-0.4, -0.2) is 24.2 Å². The molecule has 108 valence electrons. The number of fused-ring (bicyclic) bond motifs is 1. The number of hydrogen-bond donors (Lipinski definition) is 0. The van der Waals surface area contributed by atoms with Gasteiger partial charge in [0, 0.05) is 21.9 Å². The standard InChI is InChI=1S/C16H16N2O2S/c1-9-10(2)21-16-14(9)15(17-8-18-16)12-6-5-11(19-3)7-13(12)20-4/h5-8H,1-4H3. The van der Waals surface area contributed by atoms with Crippen molar-refractivity contribution in [2.24, 2.45) is 0 Å². The summed E-state index contributed by atoms with van der Waals surface area (Å²) < 4.78 is 10.8. The van der Waals surface area contributed by atoms with Gasteiger partial charge in [-0.25, -0.2) is 9.97 Å². The van der Waals surface area contributed by atoms with Gasteiger partial charge in [0.1, 0.15) is 22.7 Å². The van der Waals surface area contributed by atoms with Crippen LogP contribution in [0.15, 0.2) is 24.5 Å². The molecule has 0 aliphatic heterocycles. The molecule has 0 atom stereocenters. The minimum atomic E-state index is 0.748. The molecule has 0 saturated carbocycles. The molecule has 0 N–H and O–H groups in total. The number of aromatic nitrogens is 2. The van der Waals surface area contributed by atoms with Crippen molar-refractivity contribution >= 4 is 21.6 Å². The summed E-state index contributed by atoms with van der Waals surface area (Å²) in [6.45, 7) is 4.22. The maximum absolute atomic E-state index is 5.50. The Labute approximate surface area is 127 Å². The number of aryl methyl sites for hydroxylation is 2. The van der Waals surface area contributed by atoms with Crippen LogP contribution in [0.3, 0.4) is 0 Å². The van der Waals surface area contributed by atoms with Gasteiger partial charge in [-0.2, -0.15) is 0 Å². The first-order chi connectivity index (χ1) is 10.2. The Morgan fingerprint density at radius 3 is 2.57 bits per heavy atom. The van der Waals surface area contributed by atoms with Crippen molar-refractivity contribution in [3.05, 3.63) is 35.0 Å². The third kappa shape index (κ3) is 2.23. The van der Waals surface area contributed by atoms with Crippen LogP contribution in [0, 0.1) is 13.8 Å². The highest BCUT2D eigenvalue weighted by Gasteiger charge is 2.16. The minimum Gasteiger partial charge on any atom is -0.497 e. The van der Waals surface area contributed by atoms with E-state index in [1.54, 1.807) is 31.9 Å². The van der Waals surface area contributed by atoms with E-state index < -0.39 is 0 Å². The van der Waals surface area contributed by atoms with Gasteiger partial charge in [0.25, 0.3) is 0 Å². The summed E-state index contributed by atoms with van der Waals surface area (Å²) in [4.78, 5) is 11.1. The Morgan fingerprint density at radius 2 is 1.86 bits per heavy atom. The highest BCUT2D eigenvalue weighted by Crippen LogP contribution is 2.39. The van der Waals surface area contributed by atoms with Gasteiger partial charge in [0.2, 0.25) is 0 Å². The maximum Gasteiger partial charge on any atom is 0.131 e. The molecule has 0 unspecified atom stereocenters. The monoisotopic (exact) mass is 300 g/mol. The van der Waals surface area contributed by atoms with E-state index in [1.807, 2.05) is 18.2 Å². The second kappa shape index (κ2) is 5.33. The van der Waals surface area contributed by atoms with Crippen LogP contribution in [0.1, 0.15) is 10.4 Å². The number of methoxy groups -OCH3 is 2. The Hall–Kier alpha value is -2.14. The molecule has 0 fully saturated rings. The first kappa shape index (κ1) is 13.8. The third-order valence-electron chi connectivity index (χ3n) is 3.63. The van der Waals surface area contributed by atoms with Gasteiger partial charge in [-0.3, -0.25) is 0 Å². The first-order valence-corrected chi connectivity index (χ1v) is 7.40. The second-order valence-corrected chi connectivity index (χ2v) is 5.96. The Morgan fingerprint density at radius 1 is 1.05 bits per heavy atom. The maximum atomic E-state index is 5.50. The molecule has 0 bridgehead atoms. The van der Waals surface area contributed by atoms with Crippen molar-refractivity contribution in [3.63, 3.8) is 0 Å². The van der Waals surface area contributed by atoms with E-state index in [9.17, 15) is 0 Å². The van der Waals surface area contributed by atoms with Gasteiger partial charge >= 0.3 is 0 Å². The highest BCUT2D eigenvalue weighted by atomic mass is 32.1. The van der Waals surface area contributed by atoms with E-state index >= 15 is 0 Å². The van der Waals surface area contributed by atoms with Crippen LogP contribution in [-0.2, 0) is 0 Å². The van der Waals surface area contributed by atoms with Gasteiger partial charge in [-0.15, -0.1) is 11.3 Å². The summed E-state index contributed by atoms with van der Waals surface area (Å²) in [6, 6.07) is 5.77. The quantitative estimate of drug-likeness (QED) is 0.733. The molecule has 1 aromatic carbocycles. The smallest absolute Gasteiger partial charge is 0.131 e. The van der Waals surface area contributed by atoms with Crippen LogP contribution in [0.5, 0.6) is 11.5 Å². The first-order valence-electron chi connectivity index (χ1n) is 6.58. The molecule has 0 aliphatic rings. The van der Waals surface area contributed by atoms with E-state index in [0.717, 1.165) is 33.0 Å². The molecule has 0 saturated heterocycles. The summed E-state index contributed by atoms with van der Waals surface area (Å²) in [5, 5.41) is 1.10. The zero-order valence-electron chi connectivity index (χ0n) is 12.4. The molecule has 0 spiro atoms. The molecule has 0 aliphatic carbocycles. The van der Waals surface area contributed by atoms with Gasteiger partial charge in [0.05, 0.1) is 19.9 Å². The molecule has 21 heavy (non-hydrogen) atoms. The summed E-state index contributed by atoms with van der Waals surface area (Å²) in [6.07, 6.45) is 1.61. The van der Waals surface area contributed by atoms with Crippen LogP contribution in [0.25, 0.3) is 21.5 Å². The third-order valence-corrected chi connectivity index (χ3v) is 4.74. The Balaban J connectivity index is 2.30. The van der Waals surface area contributed by atoms with E-state index in [2.05, 4.69) is 23.8 Å². The summed E-state index contributed by atoms with van der Waals surface area (Å²) in [5.74, 6) is 1.51. The van der Waals surface area contributed by atoms with Crippen molar-refractivity contribution in [3.8, 4) is 22.8 Å². The number of hydrogen-bond acceptors (Lipinski definition) is 5. The van der Waals surface area contributed by atoms with E-state index in [-0.39, 0.29) is 0 Å². The zero-order valence-corrected chi connectivity index (χ0v) is 13.2. The molecule has 5 heteroatoms. The summed E-state index contributed by atoms with van der Waals surface area (Å²) in [5.41, 5.74) is 3.08. The minimum absolute atomic E-state index is 0.748. The van der Waals surface area contributed by atoms with Gasteiger partial charge < -0.3 is 9.47 Å². The van der Waals surface area contributed by atoms with Crippen molar-refractivity contribution in [1.82, 2.24) is 9.97 Å². The van der Waals surface area contributed by atoms with Crippen molar-refractivity contribution < 1.29 is 9.47 Å². The fourth-order valence-corrected chi connectivity index (χ4v) is 3.38. The fraction of sp³-hybridized carbons (Fsp3) is 0.250. The molecule has 0 amide bonds. The predicted molar refractivity (Wildman–Crippen MR) is 85.4 cm³/mol. The van der Waals surface area contributed by atoms with E-state index in [4.69, 9.17) is 9.47 Å². The number of nitrogens with zero attached hydrogens (tertiary/aromatic N) is 2. The van der Waals surface area contributed by atoms with Crippen LogP contribution in [0.4, 0.5) is 0 Å². The lowest BCUT2D eigenvalue weighted by atomic mass is 10.0. The lowest BCUT2D eigenvalue weighted by Crippen LogP contribution is -1.93. The van der Waals surface area contributed by atoms with E-state index in [1.165, 1.54) is 10.4 Å². The van der Waals surface area contributed by atoms with Crippen LogP contribution in [0.2, 0.25) is 0 Å². The summed E-state index contributed by atoms with van der Waals surface area (Å²) in [7, 11) is 3.30. The molecule has 0 radical (unpaired) electrons. The average molecular weight is 300 g/mol. The predicted octanol–water partition coefficient (Wildman–Crippen LogP) is 3.99. The van der Waals surface area contributed by atoms with Gasteiger partial charge in [-0.05, 0) is 31.5 Å². The SMILES string of the molecule is COc1ccc(-c2ncnc3sc(C)c(C)c23)c(OC)c1. The second-order valence-electron chi connectivity index (χ2n) is 4.75. The molecule has 3 rings (SSSR count). The normalized spacial score (nSPS) is 10.9. The summed E-state index contributed by atoms with van der Waals surface area (Å²) >= 11 is 1.69. The molecule has 4 nitrogen and oxygen atoms in total. The number of ether oxygens (including phenoxy) is 2. The highest BCUT2D eigenvalue weighted by molar-refractivity contribution is 7.18. The average Bonchev–Trinajstić information content (AvgIpc) is 2.81. The topological polar surface area (TPSA) is 44.2 Å². The molecular formula is C16H16N2O2S. The molecular weight excluding hydrogens is 284 g/mol. The van der Waals surface area contributed by atoms with Crippen molar-refractivity contribution in [2.45, 2.75) is 13.8 Å². The largest absolute Gasteiger partial charge is 0.497 e.